The molecule has 0 fully saturated rings. The Bertz CT molecular complexity index is 1190. The molecule has 0 amide bonds. The van der Waals surface area contributed by atoms with Crippen LogP contribution in [0.25, 0.3) is 11.4 Å². The third-order valence-corrected chi connectivity index (χ3v) is 5.29. The predicted octanol–water partition coefficient (Wildman–Crippen LogP) is 6.35. The second kappa shape index (κ2) is 8.05. The summed E-state index contributed by atoms with van der Waals surface area (Å²) >= 11 is 11.7. The Morgan fingerprint density at radius 1 is 1.10 bits per heavy atom. The second-order valence-corrected chi connectivity index (χ2v) is 8.98. The third-order valence-electron chi connectivity index (χ3n) is 4.72. The first-order chi connectivity index (χ1) is 14.7. The highest BCUT2D eigenvalue weighted by atomic mass is 35.5. The van der Waals surface area contributed by atoms with Gasteiger partial charge in [-0.2, -0.15) is 0 Å². The molecule has 1 N–H and O–H groups in total. The number of halogens is 1. The van der Waals surface area contributed by atoms with Crippen molar-refractivity contribution in [1.82, 2.24) is 9.97 Å². The van der Waals surface area contributed by atoms with Gasteiger partial charge in [-0.1, -0.05) is 23.8 Å². The lowest BCUT2D eigenvalue weighted by atomic mass is 10.0. The van der Waals surface area contributed by atoms with E-state index in [4.69, 9.17) is 42.8 Å². The topological polar surface area (TPSA) is 65.6 Å². The minimum absolute atomic E-state index is 0.420. The number of hydrogen-bond donors (Lipinski definition) is 1. The fourth-order valence-electron chi connectivity index (χ4n) is 3.37. The number of aromatic nitrogens is 2. The Hall–Kier alpha value is -2.77. The quantitative estimate of drug-likeness (QED) is 0.359. The lowest BCUT2D eigenvalue weighted by molar-refractivity contribution is 0.120. The van der Waals surface area contributed by atoms with E-state index in [9.17, 15) is 0 Å². The predicted molar refractivity (Wildman–Crippen MR) is 123 cm³/mol. The van der Waals surface area contributed by atoms with Gasteiger partial charge in [0.2, 0.25) is 11.6 Å². The largest absolute Gasteiger partial charge is 0.493 e. The van der Waals surface area contributed by atoms with Crippen LogP contribution in [-0.4, -0.2) is 29.8 Å². The van der Waals surface area contributed by atoms with Gasteiger partial charge < -0.3 is 23.9 Å². The van der Waals surface area contributed by atoms with Gasteiger partial charge in [-0.3, -0.25) is 0 Å². The Labute approximate surface area is 191 Å². The van der Waals surface area contributed by atoms with E-state index in [-0.39, 0.29) is 0 Å². The fourth-order valence-corrected chi connectivity index (χ4v) is 3.82. The number of ether oxygens (including phenoxy) is 4. The van der Waals surface area contributed by atoms with Gasteiger partial charge in [0.1, 0.15) is 21.8 Å². The lowest BCUT2D eigenvalue weighted by Crippen LogP contribution is -2.23. The summed E-state index contributed by atoms with van der Waals surface area (Å²) < 4.78 is 23.8. The number of rotatable bonds is 4. The molecule has 0 bridgehead atoms. The van der Waals surface area contributed by atoms with Crippen molar-refractivity contribution in [3.05, 3.63) is 51.1 Å². The van der Waals surface area contributed by atoms with Crippen LogP contribution in [0.15, 0.2) is 30.3 Å². The van der Waals surface area contributed by atoms with Crippen LogP contribution in [0.1, 0.15) is 31.9 Å². The van der Waals surface area contributed by atoms with Gasteiger partial charge in [-0.05, 0) is 51.1 Å². The van der Waals surface area contributed by atoms with Gasteiger partial charge in [0.25, 0.3) is 0 Å². The fraction of sp³-hybridized carbons (Fsp3) is 0.304. The summed E-state index contributed by atoms with van der Waals surface area (Å²) in [4.78, 5) is 7.86. The van der Waals surface area contributed by atoms with Crippen molar-refractivity contribution in [3.63, 3.8) is 0 Å². The standard InChI is InChI=1S/C23H23ClN2O4S/c1-23(2,3)30-19-17(27-4)10-13(11-18(19)28-5)20-25-21-15(22(31)26-20)9-12-8-14(24)6-7-16(12)29-21/h6-8,10-11H,9H2,1-5H3,(H,25,26,31). The minimum atomic E-state index is -0.420. The number of fused-ring (bicyclic) bond motifs is 2. The highest BCUT2D eigenvalue weighted by molar-refractivity contribution is 7.71. The zero-order valence-corrected chi connectivity index (χ0v) is 19.5. The van der Waals surface area contributed by atoms with E-state index < -0.39 is 5.60 Å². The van der Waals surface area contributed by atoms with E-state index in [0.717, 1.165) is 22.4 Å². The molecule has 0 saturated carbocycles. The van der Waals surface area contributed by atoms with E-state index >= 15 is 0 Å². The SMILES string of the molecule is COc1cc(-c2nc(=S)c3c([nH]2)Oc2ccc(Cl)cc2C3)cc(OC)c1OC(C)(C)C. The molecule has 2 heterocycles. The first kappa shape index (κ1) is 21.5. The van der Waals surface area contributed by atoms with Crippen molar-refractivity contribution in [3.8, 4) is 40.3 Å². The lowest BCUT2D eigenvalue weighted by Gasteiger charge is -2.25. The molecule has 1 aliphatic rings. The second-order valence-electron chi connectivity index (χ2n) is 8.15. The number of nitrogens with zero attached hydrogens (tertiary/aromatic N) is 1. The summed E-state index contributed by atoms with van der Waals surface area (Å²) in [6, 6.07) is 9.19. The number of aromatic amines is 1. The van der Waals surface area contributed by atoms with Crippen LogP contribution in [0, 0.1) is 4.64 Å². The maximum atomic E-state index is 6.12. The van der Waals surface area contributed by atoms with Crippen molar-refractivity contribution >= 4 is 23.8 Å². The molecular formula is C23H23ClN2O4S. The molecule has 6 nitrogen and oxygen atoms in total. The molecule has 8 heteroatoms. The average molecular weight is 459 g/mol. The summed E-state index contributed by atoms with van der Waals surface area (Å²) in [6.07, 6.45) is 0.596. The van der Waals surface area contributed by atoms with Gasteiger partial charge >= 0.3 is 0 Å². The van der Waals surface area contributed by atoms with Crippen LogP contribution in [0.5, 0.6) is 28.9 Å². The number of hydrogen-bond acceptors (Lipinski definition) is 6. The monoisotopic (exact) mass is 458 g/mol. The van der Waals surface area contributed by atoms with Crippen LogP contribution >= 0.6 is 23.8 Å². The molecule has 0 spiro atoms. The van der Waals surface area contributed by atoms with E-state index in [0.29, 0.717) is 45.0 Å². The Morgan fingerprint density at radius 3 is 2.39 bits per heavy atom. The summed E-state index contributed by atoms with van der Waals surface area (Å²) in [5.41, 5.74) is 2.10. The van der Waals surface area contributed by atoms with Crippen molar-refractivity contribution in [2.45, 2.75) is 32.8 Å². The van der Waals surface area contributed by atoms with Crippen LogP contribution in [0.4, 0.5) is 0 Å². The zero-order valence-electron chi connectivity index (χ0n) is 18.0. The minimum Gasteiger partial charge on any atom is -0.493 e. The number of benzene rings is 2. The van der Waals surface area contributed by atoms with E-state index in [2.05, 4.69) is 9.97 Å². The molecule has 4 rings (SSSR count). The molecule has 31 heavy (non-hydrogen) atoms. The Kier molecular flexibility index (Phi) is 5.58. The maximum Gasteiger partial charge on any atom is 0.205 e. The van der Waals surface area contributed by atoms with E-state index in [1.807, 2.05) is 45.0 Å². The van der Waals surface area contributed by atoms with Crippen LogP contribution in [-0.2, 0) is 6.42 Å². The molecule has 0 aliphatic carbocycles. The van der Waals surface area contributed by atoms with Gasteiger partial charge in [0.05, 0.1) is 19.8 Å². The van der Waals surface area contributed by atoms with Gasteiger partial charge in [0.15, 0.2) is 11.5 Å². The summed E-state index contributed by atoms with van der Waals surface area (Å²) in [5.74, 6) is 3.44. The molecule has 0 radical (unpaired) electrons. The maximum absolute atomic E-state index is 6.12. The summed E-state index contributed by atoms with van der Waals surface area (Å²) in [7, 11) is 3.17. The molecule has 0 atom stereocenters. The van der Waals surface area contributed by atoms with Gasteiger partial charge in [0, 0.05) is 22.6 Å². The summed E-state index contributed by atoms with van der Waals surface area (Å²) in [5, 5.41) is 0.655. The van der Waals surface area contributed by atoms with Crippen molar-refractivity contribution in [1.29, 1.82) is 0 Å². The number of methoxy groups -OCH3 is 2. The molecule has 162 valence electrons. The van der Waals surface area contributed by atoms with E-state index in [1.54, 1.807) is 20.3 Å². The van der Waals surface area contributed by atoms with Crippen LogP contribution in [0.2, 0.25) is 5.02 Å². The zero-order chi connectivity index (χ0) is 22.3. The van der Waals surface area contributed by atoms with Crippen LogP contribution < -0.4 is 18.9 Å². The van der Waals surface area contributed by atoms with Gasteiger partial charge in [-0.25, -0.2) is 4.98 Å². The average Bonchev–Trinajstić information content (AvgIpc) is 2.71. The molecule has 3 aromatic rings. The first-order valence-corrected chi connectivity index (χ1v) is 10.5. The number of nitrogens with one attached hydrogen (secondary N) is 1. The molecule has 0 unspecified atom stereocenters. The van der Waals surface area contributed by atoms with Crippen LogP contribution in [0.3, 0.4) is 0 Å². The molecular weight excluding hydrogens is 436 g/mol. The van der Waals surface area contributed by atoms with Crippen molar-refractivity contribution in [2.24, 2.45) is 0 Å². The first-order valence-electron chi connectivity index (χ1n) is 9.73. The molecule has 2 aromatic carbocycles. The molecule has 1 aliphatic heterocycles. The Morgan fingerprint density at radius 2 is 1.77 bits per heavy atom. The highest BCUT2D eigenvalue weighted by Crippen LogP contribution is 2.43. The van der Waals surface area contributed by atoms with Crippen molar-refractivity contribution < 1.29 is 18.9 Å². The summed E-state index contributed by atoms with van der Waals surface area (Å²) in [6.45, 7) is 5.89. The Balaban J connectivity index is 1.79. The highest BCUT2D eigenvalue weighted by Gasteiger charge is 2.24. The number of H-pyrrole nitrogens is 1. The van der Waals surface area contributed by atoms with Gasteiger partial charge in [-0.15, -0.1) is 0 Å². The molecule has 1 aromatic heterocycles. The third kappa shape index (κ3) is 4.34. The smallest absolute Gasteiger partial charge is 0.205 e. The van der Waals surface area contributed by atoms with Crippen molar-refractivity contribution in [2.75, 3.05) is 14.2 Å². The normalized spacial score (nSPS) is 12.5. The van der Waals surface area contributed by atoms with E-state index in [1.165, 1.54) is 0 Å². The molecule has 0 saturated heterocycles.